The Bertz CT molecular complexity index is 129. The van der Waals surface area contributed by atoms with Crippen molar-refractivity contribution in [3.63, 3.8) is 0 Å². The molecular formula is C14H28. The van der Waals surface area contributed by atoms with Crippen molar-refractivity contribution in [1.82, 2.24) is 0 Å². The first-order valence-electron chi connectivity index (χ1n) is 6.75. The van der Waals surface area contributed by atoms with Gasteiger partial charge in [0.15, 0.2) is 0 Å². The molecule has 14 heavy (non-hydrogen) atoms. The lowest BCUT2D eigenvalue weighted by molar-refractivity contribution is 0.164. The monoisotopic (exact) mass is 196 g/mol. The third-order valence-electron chi connectivity index (χ3n) is 4.17. The fraction of sp³-hybridized carbons (Fsp3) is 1.00. The van der Waals surface area contributed by atoms with Crippen LogP contribution in [0.4, 0.5) is 0 Å². The maximum atomic E-state index is 2.47. The number of rotatable bonds is 5. The van der Waals surface area contributed by atoms with Crippen LogP contribution in [0.3, 0.4) is 0 Å². The summed E-state index contributed by atoms with van der Waals surface area (Å²) in [7, 11) is 0. The van der Waals surface area contributed by atoms with E-state index in [0.29, 0.717) is 0 Å². The van der Waals surface area contributed by atoms with Crippen molar-refractivity contribution in [3.8, 4) is 0 Å². The van der Waals surface area contributed by atoms with Gasteiger partial charge in [0, 0.05) is 0 Å². The van der Waals surface area contributed by atoms with Gasteiger partial charge in [0.1, 0.15) is 0 Å². The first-order valence-corrected chi connectivity index (χ1v) is 6.75. The first-order chi connectivity index (χ1) is 6.75. The summed E-state index contributed by atoms with van der Waals surface area (Å²) in [4.78, 5) is 0. The zero-order valence-corrected chi connectivity index (χ0v) is 10.4. The molecule has 1 fully saturated rings. The van der Waals surface area contributed by atoms with Crippen LogP contribution in [0.2, 0.25) is 0 Å². The van der Waals surface area contributed by atoms with Gasteiger partial charge in [-0.25, -0.2) is 0 Å². The Hall–Kier alpha value is 0. The van der Waals surface area contributed by atoms with E-state index in [-0.39, 0.29) is 0 Å². The number of hydrogen-bond acceptors (Lipinski definition) is 0. The highest BCUT2D eigenvalue weighted by Gasteiger charge is 2.26. The average Bonchev–Trinajstić information content (AvgIpc) is 2.16. The summed E-state index contributed by atoms with van der Waals surface area (Å²) >= 11 is 0. The standard InChI is InChI=1S/C14H28/c1-4-5-6-7-11-14-12(2)9-8-10-13(14)3/h12-14H,4-11H2,1-3H3. The van der Waals surface area contributed by atoms with Gasteiger partial charge in [-0.3, -0.25) is 0 Å². The Morgan fingerprint density at radius 2 is 1.57 bits per heavy atom. The lowest BCUT2D eigenvalue weighted by Crippen LogP contribution is -2.24. The predicted molar refractivity (Wildman–Crippen MR) is 64.4 cm³/mol. The Morgan fingerprint density at radius 3 is 2.14 bits per heavy atom. The maximum Gasteiger partial charge on any atom is -0.0363 e. The van der Waals surface area contributed by atoms with Crippen LogP contribution in [0.15, 0.2) is 0 Å². The average molecular weight is 196 g/mol. The first kappa shape index (κ1) is 12.1. The van der Waals surface area contributed by atoms with E-state index in [1.165, 1.54) is 51.4 Å². The summed E-state index contributed by atoms with van der Waals surface area (Å²) < 4.78 is 0. The van der Waals surface area contributed by atoms with Gasteiger partial charge < -0.3 is 0 Å². The zero-order chi connectivity index (χ0) is 10.4. The highest BCUT2D eigenvalue weighted by molar-refractivity contribution is 4.77. The molecule has 0 aromatic carbocycles. The molecule has 0 heterocycles. The number of hydrogen-bond donors (Lipinski definition) is 0. The predicted octanol–water partition coefficient (Wildman–Crippen LogP) is 5.03. The molecule has 0 heteroatoms. The highest BCUT2D eigenvalue weighted by Crippen LogP contribution is 2.37. The largest absolute Gasteiger partial charge is 0.0654 e. The van der Waals surface area contributed by atoms with Crippen LogP contribution in [0, 0.1) is 17.8 Å². The summed E-state index contributed by atoms with van der Waals surface area (Å²) in [6.07, 6.45) is 11.7. The minimum absolute atomic E-state index is 1.00. The van der Waals surface area contributed by atoms with Gasteiger partial charge in [-0.05, 0) is 24.2 Å². The molecule has 84 valence electrons. The molecular weight excluding hydrogens is 168 g/mol. The summed E-state index contributed by atoms with van der Waals surface area (Å²) in [6, 6.07) is 0. The Labute approximate surface area is 90.5 Å². The topological polar surface area (TPSA) is 0 Å². The van der Waals surface area contributed by atoms with E-state index >= 15 is 0 Å². The lowest BCUT2D eigenvalue weighted by Gasteiger charge is -2.34. The molecule has 2 atom stereocenters. The van der Waals surface area contributed by atoms with Gasteiger partial charge in [0.25, 0.3) is 0 Å². The van der Waals surface area contributed by atoms with Gasteiger partial charge in [0.2, 0.25) is 0 Å². The van der Waals surface area contributed by atoms with Gasteiger partial charge in [0.05, 0.1) is 0 Å². The van der Waals surface area contributed by atoms with Crippen LogP contribution in [-0.4, -0.2) is 0 Å². The molecule has 0 amide bonds. The molecule has 1 rings (SSSR count). The molecule has 0 saturated heterocycles. The molecule has 0 nitrogen and oxygen atoms in total. The van der Waals surface area contributed by atoms with Crippen molar-refractivity contribution in [2.45, 2.75) is 72.1 Å². The Kier molecular flexibility index (Phi) is 5.59. The normalized spacial score (nSPS) is 33.2. The molecule has 0 aromatic rings. The second kappa shape index (κ2) is 6.48. The molecule has 2 unspecified atom stereocenters. The molecule has 0 bridgehead atoms. The van der Waals surface area contributed by atoms with Crippen LogP contribution < -0.4 is 0 Å². The molecule has 1 saturated carbocycles. The number of unbranched alkanes of at least 4 members (excludes halogenated alkanes) is 3. The third-order valence-corrected chi connectivity index (χ3v) is 4.17. The SMILES string of the molecule is CCCCCCC1C(C)CCCC1C. The van der Waals surface area contributed by atoms with Crippen LogP contribution in [0.25, 0.3) is 0 Å². The van der Waals surface area contributed by atoms with E-state index in [1.807, 2.05) is 0 Å². The van der Waals surface area contributed by atoms with Crippen LogP contribution in [0.1, 0.15) is 72.1 Å². The van der Waals surface area contributed by atoms with E-state index in [9.17, 15) is 0 Å². The molecule has 0 radical (unpaired) electrons. The van der Waals surface area contributed by atoms with Crippen molar-refractivity contribution in [1.29, 1.82) is 0 Å². The van der Waals surface area contributed by atoms with Gasteiger partial charge in [-0.2, -0.15) is 0 Å². The summed E-state index contributed by atoms with van der Waals surface area (Å²) in [5, 5.41) is 0. The molecule has 1 aliphatic carbocycles. The van der Waals surface area contributed by atoms with Crippen LogP contribution in [0.5, 0.6) is 0 Å². The van der Waals surface area contributed by atoms with Crippen molar-refractivity contribution >= 4 is 0 Å². The quantitative estimate of drug-likeness (QED) is 0.541. The maximum absolute atomic E-state index is 2.47. The zero-order valence-electron chi connectivity index (χ0n) is 10.4. The van der Waals surface area contributed by atoms with E-state index in [1.54, 1.807) is 0 Å². The van der Waals surface area contributed by atoms with Crippen LogP contribution in [-0.2, 0) is 0 Å². The van der Waals surface area contributed by atoms with E-state index in [4.69, 9.17) is 0 Å². The van der Waals surface area contributed by atoms with Gasteiger partial charge >= 0.3 is 0 Å². The Balaban J connectivity index is 2.19. The van der Waals surface area contributed by atoms with Gasteiger partial charge in [-0.15, -0.1) is 0 Å². The fourth-order valence-electron chi connectivity index (χ4n) is 3.13. The molecule has 0 aliphatic heterocycles. The van der Waals surface area contributed by atoms with Crippen molar-refractivity contribution in [2.75, 3.05) is 0 Å². The van der Waals surface area contributed by atoms with E-state index in [0.717, 1.165) is 17.8 Å². The summed E-state index contributed by atoms with van der Waals surface area (Å²) in [5.74, 6) is 3.04. The van der Waals surface area contributed by atoms with E-state index in [2.05, 4.69) is 20.8 Å². The van der Waals surface area contributed by atoms with Crippen molar-refractivity contribution in [2.24, 2.45) is 17.8 Å². The van der Waals surface area contributed by atoms with Gasteiger partial charge in [-0.1, -0.05) is 65.7 Å². The molecule has 0 N–H and O–H groups in total. The third kappa shape index (κ3) is 3.63. The lowest BCUT2D eigenvalue weighted by atomic mass is 9.71. The molecule has 0 aromatic heterocycles. The molecule has 1 aliphatic rings. The van der Waals surface area contributed by atoms with Crippen LogP contribution >= 0.6 is 0 Å². The summed E-state index contributed by atoms with van der Waals surface area (Å²) in [5.41, 5.74) is 0. The second-order valence-corrected chi connectivity index (χ2v) is 5.40. The van der Waals surface area contributed by atoms with Crippen molar-refractivity contribution < 1.29 is 0 Å². The fourth-order valence-corrected chi connectivity index (χ4v) is 3.13. The second-order valence-electron chi connectivity index (χ2n) is 5.40. The van der Waals surface area contributed by atoms with Crippen molar-refractivity contribution in [3.05, 3.63) is 0 Å². The highest BCUT2D eigenvalue weighted by atomic mass is 14.3. The smallest absolute Gasteiger partial charge is 0.0363 e. The minimum Gasteiger partial charge on any atom is -0.0654 e. The summed E-state index contributed by atoms with van der Waals surface area (Å²) in [6.45, 7) is 7.24. The Morgan fingerprint density at radius 1 is 0.929 bits per heavy atom. The molecule has 0 spiro atoms. The van der Waals surface area contributed by atoms with E-state index < -0.39 is 0 Å². The minimum atomic E-state index is 1.00.